The standard InChI is InChI=1S/C20H15F2NO4/c21-15-7-3-13(4-8-15)12-23-19(24)18(14-5-9-16(22)10-6-14)27-20(25)17-2-1-11-26-17/h1-11,18H,12H2,(H,23,24). The van der Waals surface area contributed by atoms with Crippen molar-refractivity contribution in [2.75, 3.05) is 0 Å². The lowest BCUT2D eigenvalue weighted by molar-refractivity contribution is -0.130. The van der Waals surface area contributed by atoms with Gasteiger partial charge in [0.05, 0.1) is 6.26 Å². The fraction of sp³-hybridized carbons (Fsp3) is 0.100. The van der Waals surface area contributed by atoms with Crippen LogP contribution in [0.25, 0.3) is 0 Å². The molecule has 0 fully saturated rings. The van der Waals surface area contributed by atoms with E-state index < -0.39 is 23.8 Å². The number of carbonyl (C=O) groups excluding carboxylic acids is 2. The average molecular weight is 371 g/mol. The van der Waals surface area contributed by atoms with Gasteiger partial charge >= 0.3 is 5.97 Å². The van der Waals surface area contributed by atoms with Gasteiger partial charge in [-0.1, -0.05) is 24.3 Å². The second-order valence-corrected chi connectivity index (χ2v) is 5.66. The monoisotopic (exact) mass is 371 g/mol. The highest BCUT2D eigenvalue weighted by Gasteiger charge is 2.26. The molecule has 1 amide bonds. The maximum absolute atomic E-state index is 13.2. The first-order valence-corrected chi connectivity index (χ1v) is 8.05. The quantitative estimate of drug-likeness (QED) is 0.670. The molecule has 0 spiro atoms. The first-order valence-electron chi connectivity index (χ1n) is 8.05. The Balaban J connectivity index is 1.75. The van der Waals surface area contributed by atoms with E-state index in [0.29, 0.717) is 11.1 Å². The predicted molar refractivity (Wildman–Crippen MR) is 91.5 cm³/mol. The Hall–Kier alpha value is -3.48. The Morgan fingerprint density at radius 3 is 2.19 bits per heavy atom. The maximum Gasteiger partial charge on any atom is 0.375 e. The zero-order valence-corrected chi connectivity index (χ0v) is 14.0. The number of rotatable bonds is 6. The molecule has 1 unspecified atom stereocenters. The third-order valence-corrected chi connectivity index (χ3v) is 3.74. The van der Waals surface area contributed by atoms with Crippen LogP contribution in [0.15, 0.2) is 71.3 Å². The van der Waals surface area contributed by atoms with Crippen LogP contribution in [0.5, 0.6) is 0 Å². The van der Waals surface area contributed by atoms with Gasteiger partial charge in [0.1, 0.15) is 11.6 Å². The number of ether oxygens (including phenoxy) is 1. The molecule has 1 heterocycles. The maximum atomic E-state index is 13.2. The molecular formula is C20H15F2NO4. The van der Waals surface area contributed by atoms with Crippen molar-refractivity contribution in [3.05, 3.63) is 95.4 Å². The number of furan rings is 1. The number of benzene rings is 2. The minimum absolute atomic E-state index is 0.0616. The van der Waals surface area contributed by atoms with E-state index in [9.17, 15) is 18.4 Å². The zero-order chi connectivity index (χ0) is 19.2. The van der Waals surface area contributed by atoms with Crippen molar-refractivity contribution in [3.63, 3.8) is 0 Å². The van der Waals surface area contributed by atoms with Gasteiger partial charge in [-0.2, -0.15) is 0 Å². The lowest BCUT2D eigenvalue weighted by Gasteiger charge is -2.17. The number of esters is 1. The number of halogens is 2. The number of hydrogen-bond donors (Lipinski definition) is 1. The van der Waals surface area contributed by atoms with Gasteiger partial charge in [0, 0.05) is 12.1 Å². The number of nitrogens with one attached hydrogen (secondary N) is 1. The highest BCUT2D eigenvalue weighted by molar-refractivity contribution is 5.90. The van der Waals surface area contributed by atoms with Crippen molar-refractivity contribution in [2.45, 2.75) is 12.6 Å². The topological polar surface area (TPSA) is 68.5 Å². The van der Waals surface area contributed by atoms with Gasteiger partial charge in [-0.25, -0.2) is 13.6 Å². The molecule has 0 aliphatic carbocycles. The third kappa shape index (κ3) is 4.78. The van der Waals surface area contributed by atoms with E-state index in [4.69, 9.17) is 9.15 Å². The van der Waals surface area contributed by atoms with Crippen molar-refractivity contribution in [2.24, 2.45) is 0 Å². The molecule has 1 aromatic heterocycles. The van der Waals surface area contributed by atoms with Crippen LogP contribution in [0.4, 0.5) is 8.78 Å². The summed E-state index contributed by atoms with van der Waals surface area (Å²) in [4.78, 5) is 24.7. The van der Waals surface area contributed by atoms with Gasteiger partial charge in [0.15, 0.2) is 0 Å². The van der Waals surface area contributed by atoms with E-state index in [1.54, 1.807) is 0 Å². The first-order chi connectivity index (χ1) is 13.0. The van der Waals surface area contributed by atoms with Crippen LogP contribution < -0.4 is 5.32 Å². The first kappa shape index (κ1) is 18.3. The van der Waals surface area contributed by atoms with E-state index >= 15 is 0 Å². The summed E-state index contributed by atoms with van der Waals surface area (Å²) in [5, 5.41) is 2.62. The van der Waals surface area contributed by atoms with Crippen LogP contribution in [0.2, 0.25) is 0 Å². The molecule has 1 N–H and O–H groups in total. The van der Waals surface area contributed by atoms with Crippen LogP contribution in [-0.4, -0.2) is 11.9 Å². The van der Waals surface area contributed by atoms with Gasteiger partial charge in [-0.3, -0.25) is 4.79 Å². The van der Waals surface area contributed by atoms with Gasteiger partial charge in [0.25, 0.3) is 5.91 Å². The van der Waals surface area contributed by atoms with Crippen molar-refractivity contribution < 1.29 is 27.5 Å². The van der Waals surface area contributed by atoms with Crippen molar-refractivity contribution in [1.29, 1.82) is 0 Å². The largest absolute Gasteiger partial charge is 0.457 e. The Bertz CT molecular complexity index is 906. The fourth-order valence-electron chi connectivity index (χ4n) is 2.35. The molecule has 0 radical (unpaired) electrons. The highest BCUT2D eigenvalue weighted by Crippen LogP contribution is 2.21. The van der Waals surface area contributed by atoms with E-state index in [0.717, 1.165) is 12.1 Å². The van der Waals surface area contributed by atoms with Crippen LogP contribution in [0.3, 0.4) is 0 Å². The highest BCUT2D eigenvalue weighted by atomic mass is 19.1. The Kier molecular flexibility index (Phi) is 5.61. The summed E-state index contributed by atoms with van der Waals surface area (Å²) in [6, 6.07) is 13.5. The van der Waals surface area contributed by atoms with E-state index in [1.165, 1.54) is 54.8 Å². The van der Waals surface area contributed by atoms with Crippen LogP contribution in [0, 0.1) is 11.6 Å². The van der Waals surface area contributed by atoms with Crippen LogP contribution in [0.1, 0.15) is 27.8 Å². The molecule has 138 valence electrons. The molecule has 2 aromatic carbocycles. The summed E-state index contributed by atoms with van der Waals surface area (Å²) < 4.78 is 36.4. The molecule has 27 heavy (non-hydrogen) atoms. The normalized spacial score (nSPS) is 11.6. The Labute approximate surface area is 153 Å². The Morgan fingerprint density at radius 1 is 0.963 bits per heavy atom. The second-order valence-electron chi connectivity index (χ2n) is 5.66. The van der Waals surface area contributed by atoms with E-state index in [2.05, 4.69) is 5.32 Å². The zero-order valence-electron chi connectivity index (χ0n) is 14.0. The molecule has 0 saturated carbocycles. The molecule has 3 rings (SSSR count). The minimum Gasteiger partial charge on any atom is -0.457 e. The molecule has 0 aliphatic heterocycles. The molecule has 3 aromatic rings. The molecule has 7 heteroatoms. The van der Waals surface area contributed by atoms with Gasteiger partial charge < -0.3 is 14.5 Å². The van der Waals surface area contributed by atoms with Gasteiger partial charge in [0.2, 0.25) is 11.9 Å². The predicted octanol–water partition coefficient (Wildman–Crippen LogP) is 3.77. The summed E-state index contributed by atoms with van der Waals surface area (Å²) >= 11 is 0. The van der Waals surface area contributed by atoms with Crippen molar-refractivity contribution >= 4 is 11.9 Å². The summed E-state index contributed by atoms with van der Waals surface area (Å²) in [7, 11) is 0. The van der Waals surface area contributed by atoms with Crippen molar-refractivity contribution in [3.8, 4) is 0 Å². The smallest absolute Gasteiger partial charge is 0.375 e. The van der Waals surface area contributed by atoms with Crippen LogP contribution >= 0.6 is 0 Å². The minimum atomic E-state index is -1.30. The fourth-order valence-corrected chi connectivity index (χ4v) is 2.35. The molecule has 1 atom stereocenters. The summed E-state index contributed by atoms with van der Waals surface area (Å²) in [6.45, 7) is 0.106. The van der Waals surface area contributed by atoms with Crippen LogP contribution in [-0.2, 0) is 16.1 Å². The molecule has 0 saturated heterocycles. The molecule has 5 nitrogen and oxygen atoms in total. The summed E-state index contributed by atoms with van der Waals surface area (Å²) in [5.41, 5.74) is 0.966. The van der Waals surface area contributed by atoms with E-state index in [-0.39, 0.29) is 18.1 Å². The number of carbonyl (C=O) groups is 2. The SMILES string of the molecule is O=C(OC(C(=O)NCc1ccc(F)cc1)c1ccc(F)cc1)c1ccco1. The number of amides is 1. The average Bonchev–Trinajstić information content (AvgIpc) is 3.21. The van der Waals surface area contributed by atoms with Gasteiger partial charge in [-0.05, 0) is 42.0 Å². The lowest BCUT2D eigenvalue weighted by Crippen LogP contribution is -2.31. The third-order valence-electron chi connectivity index (χ3n) is 3.74. The molecule has 0 bridgehead atoms. The molecule has 0 aliphatic rings. The summed E-state index contributed by atoms with van der Waals surface area (Å²) in [5.74, 6) is -2.37. The second kappa shape index (κ2) is 8.27. The van der Waals surface area contributed by atoms with Gasteiger partial charge in [-0.15, -0.1) is 0 Å². The lowest BCUT2D eigenvalue weighted by atomic mass is 10.1. The van der Waals surface area contributed by atoms with E-state index in [1.807, 2.05) is 0 Å². The number of hydrogen-bond acceptors (Lipinski definition) is 4. The summed E-state index contributed by atoms with van der Waals surface area (Å²) in [6.07, 6.45) is 0.00149. The van der Waals surface area contributed by atoms with Crippen molar-refractivity contribution in [1.82, 2.24) is 5.32 Å². The molecular weight excluding hydrogens is 356 g/mol. The Morgan fingerprint density at radius 2 is 1.59 bits per heavy atom.